The van der Waals surface area contributed by atoms with Crippen LogP contribution in [0.15, 0.2) is 29.4 Å². The second kappa shape index (κ2) is 7.87. The lowest BCUT2D eigenvalue weighted by Gasteiger charge is -2.26. The van der Waals surface area contributed by atoms with Crippen LogP contribution in [0, 0.1) is 0 Å². The molecule has 2 aromatic rings. The van der Waals surface area contributed by atoms with Gasteiger partial charge in [-0.1, -0.05) is 30.0 Å². The predicted octanol–water partition coefficient (Wildman–Crippen LogP) is 2.25. The number of imidazole rings is 1. The number of carbonyl (C=O) groups excluding carboxylic acids is 1. The van der Waals surface area contributed by atoms with E-state index < -0.39 is 0 Å². The topological polar surface area (TPSA) is 59.4 Å². The van der Waals surface area contributed by atoms with Gasteiger partial charge in [0.2, 0.25) is 0 Å². The number of amides is 1. The molecule has 4 rings (SSSR count). The van der Waals surface area contributed by atoms with Gasteiger partial charge in [-0.15, -0.1) is 0 Å². The maximum absolute atomic E-state index is 11.8. The molecule has 2 aliphatic heterocycles. The molecule has 2 aliphatic rings. The van der Waals surface area contributed by atoms with Crippen molar-refractivity contribution in [2.45, 2.75) is 13.0 Å². The molecule has 1 aromatic heterocycles. The van der Waals surface area contributed by atoms with Crippen molar-refractivity contribution in [1.29, 1.82) is 0 Å². The molecule has 0 aliphatic carbocycles. The number of aryl methyl sites for hydroxylation is 1. The van der Waals surface area contributed by atoms with Gasteiger partial charge in [-0.2, -0.15) is 0 Å². The van der Waals surface area contributed by atoms with E-state index in [9.17, 15) is 4.79 Å². The van der Waals surface area contributed by atoms with Gasteiger partial charge in [-0.25, -0.2) is 4.98 Å². The first-order chi connectivity index (χ1) is 12.7. The average molecular weight is 389 g/mol. The summed E-state index contributed by atoms with van der Waals surface area (Å²) in [5, 5.41) is 2.65. The largest absolute Gasteiger partial charge is 0.379 e. The molecule has 1 N–H and O–H groups in total. The summed E-state index contributed by atoms with van der Waals surface area (Å²) >= 11 is 6.34. The number of nitrogens with one attached hydrogen (secondary N) is 1. The normalized spacial score (nSPS) is 20.2. The van der Waals surface area contributed by atoms with E-state index in [0.29, 0.717) is 9.23 Å². The lowest BCUT2D eigenvalue weighted by molar-refractivity contribution is -0.115. The number of morpholine rings is 1. The number of thiocarbonyl (C=S) groups is 1. The van der Waals surface area contributed by atoms with E-state index in [-0.39, 0.29) is 5.91 Å². The van der Waals surface area contributed by atoms with Crippen LogP contribution >= 0.6 is 24.0 Å². The van der Waals surface area contributed by atoms with Crippen molar-refractivity contribution < 1.29 is 9.53 Å². The van der Waals surface area contributed by atoms with Crippen LogP contribution in [0.25, 0.3) is 17.1 Å². The lowest BCUT2D eigenvalue weighted by Crippen LogP contribution is -2.37. The average Bonchev–Trinajstić information content (AvgIpc) is 3.18. The Balaban J connectivity index is 1.47. The Morgan fingerprint density at radius 1 is 1.31 bits per heavy atom. The summed E-state index contributed by atoms with van der Waals surface area (Å²) < 4.78 is 8.09. The highest BCUT2D eigenvalue weighted by molar-refractivity contribution is 8.26. The summed E-state index contributed by atoms with van der Waals surface area (Å²) in [7, 11) is 0. The highest BCUT2D eigenvalue weighted by Crippen LogP contribution is 2.27. The molecule has 1 aromatic carbocycles. The van der Waals surface area contributed by atoms with Crippen LogP contribution in [0.3, 0.4) is 0 Å². The molecule has 2 fully saturated rings. The van der Waals surface area contributed by atoms with Gasteiger partial charge < -0.3 is 14.6 Å². The number of thioether (sulfide) groups is 1. The van der Waals surface area contributed by atoms with Crippen molar-refractivity contribution in [3.8, 4) is 0 Å². The summed E-state index contributed by atoms with van der Waals surface area (Å²) in [6.07, 6.45) is 4.85. The molecular weight excluding hydrogens is 368 g/mol. The third kappa shape index (κ3) is 3.98. The van der Waals surface area contributed by atoms with Crippen LogP contribution in [-0.4, -0.2) is 57.5 Å². The van der Waals surface area contributed by atoms with E-state index in [4.69, 9.17) is 17.0 Å². The van der Waals surface area contributed by atoms with E-state index in [2.05, 4.69) is 25.8 Å². The third-order valence-corrected chi connectivity index (χ3v) is 5.72. The standard InChI is InChI=1S/C18H20N4O2S2/c23-17-16(26-18(25)20-17)11-13-2-3-14-15(10-13)22(12-19-14)5-1-4-21-6-8-24-9-7-21/h2-3,10-12H,1,4-9H2,(H,20,23,25). The van der Waals surface area contributed by atoms with Gasteiger partial charge in [0, 0.05) is 26.2 Å². The Hall–Kier alpha value is -1.74. The Labute approximate surface area is 161 Å². The van der Waals surface area contributed by atoms with Gasteiger partial charge in [-0.05, 0) is 30.2 Å². The molecule has 0 radical (unpaired) electrons. The van der Waals surface area contributed by atoms with Crippen molar-refractivity contribution in [2.24, 2.45) is 0 Å². The molecule has 0 saturated carbocycles. The molecule has 136 valence electrons. The minimum Gasteiger partial charge on any atom is -0.379 e. The molecular formula is C18H20N4O2S2. The van der Waals surface area contributed by atoms with E-state index in [1.807, 2.05) is 24.5 Å². The number of hydrogen-bond acceptors (Lipinski definition) is 6. The highest BCUT2D eigenvalue weighted by Gasteiger charge is 2.22. The van der Waals surface area contributed by atoms with Crippen LogP contribution in [-0.2, 0) is 16.1 Å². The minimum atomic E-state index is -0.126. The van der Waals surface area contributed by atoms with Crippen molar-refractivity contribution in [1.82, 2.24) is 19.8 Å². The van der Waals surface area contributed by atoms with Gasteiger partial charge in [0.1, 0.15) is 4.32 Å². The quantitative estimate of drug-likeness (QED) is 0.626. The number of aromatic nitrogens is 2. The fraction of sp³-hybridized carbons (Fsp3) is 0.389. The van der Waals surface area contributed by atoms with Crippen LogP contribution in [0.2, 0.25) is 0 Å². The number of benzene rings is 1. The van der Waals surface area contributed by atoms with Gasteiger partial charge in [0.05, 0.1) is 35.5 Å². The molecule has 0 bridgehead atoms. The highest BCUT2D eigenvalue weighted by atomic mass is 32.2. The van der Waals surface area contributed by atoms with Gasteiger partial charge in [0.15, 0.2) is 0 Å². The van der Waals surface area contributed by atoms with Crippen molar-refractivity contribution >= 4 is 51.3 Å². The van der Waals surface area contributed by atoms with Crippen LogP contribution in [0.4, 0.5) is 0 Å². The summed E-state index contributed by atoms with van der Waals surface area (Å²) in [5.74, 6) is -0.126. The van der Waals surface area contributed by atoms with E-state index >= 15 is 0 Å². The van der Waals surface area contributed by atoms with Gasteiger partial charge >= 0.3 is 0 Å². The second-order valence-corrected chi connectivity index (χ2v) is 8.06. The van der Waals surface area contributed by atoms with Crippen LogP contribution in [0.1, 0.15) is 12.0 Å². The molecule has 8 heteroatoms. The summed E-state index contributed by atoms with van der Waals surface area (Å²) in [6.45, 7) is 5.70. The van der Waals surface area contributed by atoms with Crippen molar-refractivity contribution in [3.05, 3.63) is 35.0 Å². The van der Waals surface area contributed by atoms with E-state index in [0.717, 1.165) is 62.4 Å². The molecule has 0 spiro atoms. The predicted molar refractivity (Wildman–Crippen MR) is 108 cm³/mol. The number of ether oxygens (including phenoxy) is 1. The summed E-state index contributed by atoms with van der Waals surface area (Å²) in [5.41, 5.74) is 3.04. The monoisotopic (exact) mass is 388 g/mol. The van der Waals surface area contributed by atoms with Gasteiger partial charge in [-0.3, -0.25) is 9.69 Å². The van der Waals surface area contributed by atoms with Crippen molar-refractivity contribution in [2.75, 3.05) is 32.8 Å². The Kier molecular flexibility index (Phi) is 5.35. The zero-order valence-corrected chi connectivity index (χ0v) is 15.9. The summed E-state index contributed by atoms with van der Waals surface area (Å²) in [4.78, 5) is 19.4. The van der Waals surface area contributed by atoms with E-state index in [1.165, 1.54) is 11.8 Å². The molecule has 0 unspecified atom stereocenters. The fourth-order valence-corrected chi connectivity index (χ4v) is 4.25. The van der Waals surface area contributed by atoms with Gasteiger partial charge in [0.25, 0.3) is 5.91 Å². The lowest BCUT2D eigenvalue weighted by atomic mass is 10.2. The number of fused-ring (bicyclic) bond motifs is 1. The Morgan fingerprint density at radius 2 is 2.15 bits per heavy atom. The van der Waals surface area contributed by atoms with Crippen LogP contribution < -0.4 is 5.32 Å². The minimum absolute atomic E-state index is 0.126. The fourth-order valence-electron chi connectivity index (χ4n) is 3.20. The molecule has 3 heterocycles. The molecule has 26 heavy (non-hydrogen) atoms. The molecule has 6 nitrogen and oxygen atoms in total. The smallest absolute Gasteiger partial charge is 0.263 e. The number of carbonyl (C=O) groups is 1. The maximum Gasteiger partial charge on any atom is 0.263 e. The molecule has 1 amide bonds. The van der Waals surface area contributed by atoms with E-state index in [1.54, 1.807) is 0 Å². The Bertz CT molecular complexity index is 871. The Morgan fingerprint density at radius 3 is 2.92 bits per heavy atom. The number of rotatable bonds is 5. The zero-order chi connectivity index (χ0) is 17.9. The first-order valence-corrected chi connectivity index (χ1v) is 9.91. The van der Waals surface area contributed by atoms with Crippen LogP contribution in [0.5, 0.6) is 0 Å². The molecule has 0 atom stereocenters. The number of nitrogens with zero attached hydrogens (tertiary/aromatic N) is 3. The maximum atomic E-state index is 11.8. The number of hydrogen-bond donors (Lipinski definition) is 1. The molecule has 2 saturated heterocycles. The SMILES string of the molecule is O=C1NC(=S)SC1=Cc1ccc2ncn(CCCN3CCOCC3)c2c1. The first kappa shape index (κ1) is 17.7. The first-order valence-electron chi connectivity index (χ1n) is 8.69. The third-order valence-electron chi connectivity index (χ3n) is 4.56. The van der Waals surface area contributed by atoms with Crippen molar-refractivity contribution in [3.63, 3.8) is 0 Å². The zero-order valence-electron chi connectivity index (χ0n) is 14.3. The second-order valence-electron chi connectivity index (χ2n) is 6.35. The summed E-state index contributed by atoms with van der Waals surface area (Å²) in [6, 6.07) is 6.06.